The van der Waals surface area contributed by atoms with Gasteiger partial charge in [-0.2, -0.15) is 0 Å². The molecule has 146 valence electrons. The third kappa shape index (κ3) is 5.05. The summed E-state index contributed by atoms with van der Waals surface area (Å²) in [6.45, 7) is 2.52. The summed E-state index contributed by atoms with van der Waals surface area (Å²) in [4.78, 5) is 30.8. The highest BCUT2D eigenvalue weighted by atomic mass is 35.5. The van der Waals surface area contributed by atoms with Crippen LogP contribution in [0.3, 0.4) is 0 Å². The first-order valence-electron chi connectivity index (χ1n) is 8.77. The molecule has 1 fully saturated rings. The third-order valence-electron chi connectivity index (χ3n) is 3.99. The molecule has 1 heterocycles. The molecule has 0 unspecified atom stereocenters. The fourth-order valence-electron chi connectivity index (χ4n) is 2.64. The minimum atomic E-state index is -0.509. The maximum atomic E-state index is 12.5. The molecule has 0 radical (unpaired) electrons. The lowest BCUT2D eigenvalue weighted by atomic mass is 10.2. The van der Waals surface area contributed by atoms with Gasteiger partial charge in [-0.05, 0) is 49.4 Å². The van der Waals surface area contributed by atoms with Crippen LogP contribution in [0, 0.1) is 0 Å². The van der Waals surface area contributed by atoms with E-state index in [-0.39, 0.29) is 18.2 Å². The zero-order valence-electron chi connectivity index (χ0n) is 15.5. The SMILES string of the molecule is CCOc1ccc(N=C2S[C@H](CC(=O)Nc3cccc(Cl)c3)C(=O)N2C)cc1. The van der Waals surface area contributed by atoms with Crippen molar-refractivity contribution in [3.8, 4) is 5.75 Å². The highest BCUT2D eigenvalue weighted by Crippen LogP contribution is 2.31. The molecule has 0 saturated carbocycles. The monoisotopic (exact) mass is 417 g/mol. The Hall–Kier alpha value is -2.51. The Morgan fingerprint density at radius 2 is 2.04 bits per heavy atom. The van der Waals surface area contributed by atoms with Crippen LogP contribution in [0.15, 0.2) is 53.5 Å². The zero-order valence-corrected chi connectivity index (χ0v) is 17.1. The Balaban J connectivity index is 1.64. The smallest absolute Gasteiger partial charge is 0.242 e. The molecule has 0 spiro atoms. The lowest BCUT2D eigenvalue weighted by molar-refractivity contribution is -0.127. The number of nitrogens with zero attached hydrogens (tertiary/aromatic N) is 2. The average Bonchev–Trinajstić information content (AvgIpc) is 2.91. The number of carbonyl (C=O) groups excluding carboxylic acids is 2. The molecule has 8 heteroatoms. The first-order valence-corrected chi connectivity index (χ1v) is 10.0. The van der Waals surface area contributed by atoms with Crippen molar-refractivity contribution in [3.63, 3.8) is 0 Å². The topological polar surface area (TPSA) is 71.0 Å². The van der Waals surface area contributed by atoms with Gasteiger partial charge in [0, 0.05) is 24.2 Å². The van der Waals surface area contributed by atoms with E-state index < -0.39 is 5.25 Å². The van der Waals surface area contributed by atoms with Crippen molar-refractivity contribution >= 4 is 51.7 Å². The lowest BCUT2D eigenvalue weighted by Gasteiger charge is -2.09. The highest BCUT2D eigenvalue weighted by molar-refractivity contribution is 8.15. The number of nitrogens with one attached hydrogen (secondary N) is 1. The Morgan fingerprint density at radius 3 is 2.71 bits per heavy atom. The molecule has 1 atom stereocenters. The van der Waals surface area contributed by atoms with Gasteiger partial charge in [0.05, 0.1) is 12.3 Å². The number of benzene rings is 2. The van der Waals surface area contributed by atoms with Crippen LogP contribution in [0.2, 0.25) is 5.02 Å². The average molecular weight is 418 g/mol. The maximum absolute atomic E-state index is 12.5. The molecule has 3 rings (SSSR count). The van der Waals surface area contributed by atoms with E-state index in [4.69, 9.17) is 16.3 Å². The van der Waals surface area contributed by atoms with Gasteiger partial charge in [0.1, 0.15) is 11.0 Å². The van der Waals surface area contributed by atoms with Crippen LogP contribution in [-0.2, 0) is 9.59 Å². The van der Waals surface area contributed by atoms with Gasteiger partial charge in [0.25, 0.3) is 0 Å². The normalized spacial score (nSPS) is 17.8. The van der Waals surface area contributed by atoms with Gasteiger partial charge in [0.15, 0.2) is 5.17 Å². The number of amides is 2. The van der Waals surface area contributed by atoms with Gasteiger partial charge in [-0.3, -0.25) is 14.5 Å². The molecular weight excluding hydrogens is 398 g/mol. The van der Waals surface area contributed by atoms with Crippen LogP contribution < -0.4 is 10.1 Å². The van der Waals surface area contributed by atoms with Crippen LogP contribution in [0.25, 0.3) is 0 Å². The predicted octanol–water partition coefficient (Wildman–Crippen LogP) is 4.33. The molecule has 1 aliphatic heterocycles. The number of hydrogen-bond acceptors (Lipinski definition) is 5. The number of hydrogen-bond donors (Lipinski definition) is 1. The second-order valence-electron chi connectivity index (χ2n) is 6.09. The number of amidine groups is 1. The van der Waals surface area contributed by atoms with Gasteiger partial charge in [-0.25, -0.2) is 4.99 Å². The Morgan fingerprint density at radius 1 is 1.29 bits per heavy atom. The minimum absolute atomic E-state index is 0.0582. The number of thioether (sulfide) groups is 1. The van der Waals surface area contributed by atoms with E-state index in [2.05, 4.69) is 10.3 Å². The second-order valence-corrected chi connectivity index (χ2v) is 7.69. The van der Waals surface area contributed by atoms with Crippen LogP contribution >= 0.6 is 23.4 Å². The van der Waals surface area contributed by atoms with E-state index in [0.29, 0.717) is 22.5 Å². The van der Waals surface area contributed by atoms with E-state index in [9.17, 15) is 9.59 Å². The molecule has 6 nitrogen and oxygen atoms in total. The van der Waals surface area contributed by atoms with E-state index in [1.165, 1.54) is 16.7 Å². The number of aliphatic imine (C=N–C) groups is 1. The van der Waals surface area contributed by atoms with Crippen molar-refractivity contribution in [3.05, 3.63) is 53.6 Å². The number of halogens is 1. The van der Waals surface area contributed by atoms with Crippen LogP contribution in [0.5, 0.6) is 5.75 Å². The molecule has 0 aromatic heterocycles. The van der Waals surface area contributed by atoms with Gasteiger partial charge < -0.3 is 10.1 Å². The molecule has 1 N–H and O–H groups in total. The molecule has 0 bridgehead atoms. The summed E-state index contributed by atoms with van der Waals surface area (Å²) in [6.07, 6.45) is 0.0582. The largest absolute Gasteiger partial charge is 0.494 e. The number of anilines is 1. The molecule has 2 aromatic carbocycles. The van der Waals surface area contributed by atoms with Crippen molar-refractivity contribution < 1.29 is 14.3 Å². The standard InChI is InChI=1S/C20H20ClN3O3S/c1-3-27-16-9-7-14(8-10-16)23-20-24(2)19(26)17(28-20)12-18(25)22-15-6-4-5-13(21)11-15/h4-11,17H,3,12H2,1-2H3,(H,22,25)/t17-/m1/s1. The first-order chi connectivity index (χ1) is 13.5. The maximum Gasteiger partial charge on any atom is 0.242 e. The summed E-state index contributed by atoms with van der Waals surface area (Å²) in [7, 11) is 1.66. The Bertz CT molecular complexity index is 902. The van der Waals surface area contributed by atoms with Crippen molar-refractivity contribution in [1.29, 1.82) is 0 Å². The summed E-state index contributed by atoms with van der Waals surface area (Å²) >= 11 is 7.21. The zero-order chi connectivity index (χ0) is 20.1. The van der Waals surface area contributed by atoms with E-state index in [1.807, 2.05) is 31.2 Å². The third-order valence-corrected chi connectivity index (χ3v) is 5.46. The Labute approximate surface area is 172 Å². The fraction of sp³-hybridized carbons (Fsp3) is 0.250. The molecule has 28 heavy (non-hydrogen) atoms. The number of ether oxygens (including phenoxy) is 1. The summed E-state index contributed by atoms with van der Waals surface area (Å²) in [5.41, 5.74) is 1.32. The van der Waals surface area contributed by atoms with Gasteiger partial charge in [0.2, 0.25) is 11.8 Å². The van der Waals surface area contributed by atoms with Crippen molar-refractivity contribution in [2.24, 2.45) is 4.99 Å². The van der Waals surface area contributed by atoms with Gasteiger partial charge in [-0.1, -0.05) is 29.4 Å². The van der Waals surface area contributed by atoms with E-state index >= 15 is 0 Å². The Kier molecular flexibility index (Phi) is 6.59. The predicted molar refractivity (Wildman–Crippen MR) is 114 cm³/mol. The highest BCUT2D eigenvalue weighted by Gasteiger charge is 2.37. The van der Waals surface area contributed by atoms with Crippen molar-refractivity contribution in [2.45, 2.75) is 18.6 Å². The van der Waals surface area contributed by atoms with Crippen molar-refractivity contribution in [2.75, 3.05) is 19.0 Å². The first kappa shape index (κ1) is 20.2. The van der Waals surface area contributed by atoms with Crippen molar-refractivity contribution in [1.82, 2.24) is 4.90 Å². The van der Waals surface area contributed by atoms with Gasteiger partial charge >= 0.3 is 0 Å². The summed E-state index contributed by atoms with van der Waals surface area (Å²) in [5, 5.41) is 3.36. The second kappa shape index (κ2) is 9.12. The molecule has 0 aliphatic carbocycles. The molecule has 2 aromatic rings. The van der Waals surface area contributed by atoms with Crippen LogP contribution in [-0.4, -0.2) is 40.8 Å². The molecule has 1 aliphatic rings. The van der Waals surface area contributed by atoms with E-state index in [1.54, 1.807) is 31.3 Å². The fourth-order valence-corrected chi connectivity index (χ4v) is 3.98. The number of rotatable bonds is 6. The summed E-state index contributed by atoms with van der Waals surface area (Å²) < 4.78 is 5.42. The lowest BCUT2D eigenvalue weighted by Crippen LogP contribution is -2.30. The molecular formula is C20H20ClN3O3S. The van der Waals surface area contributed by atoms with Crippen LogP contribution in [0.4, 0.5) is 11.4 Å². The summed E-state index contributed by atoms with van der Waals surface area (Å²) in [5.74, 6) is 0.380. The molecule has 1 saturated heterocycles. The number of carbonyl (C=O) groups is 2. The quantitative estimate of drug-likeness (QED) is 0.759. The van der Waals surface area contributed by atoms with Gasteiger partial charge in [-0.15, -0.1) is 0 Å². The van der Waals surface area contributed by atoms with E-state index in [0.717, 1.165) is 11.4 Å². The summed E-state index contributed by atoms with van der Waals surface area (Å²) in [6, 6.07) is 14.2. The van der Waals surface area contributed by atoms with Crippen LogP contribution in [0.1, 0.15) is 13.3 Å². The molecule has 2 amide bonds. The minimum Gasteiger partial charge on any atom is -0.494 e.